The molecule has 0 atom stereocenters. The highest BCUT2D eigenvalue weighted by Gasteiger charge is 2.09. The van der Waals surface area contributed by atoms with E-state index >= 15 is 0 Å². The molecule has 0 aliphatic heterocycles. The summed E-state index contributed by atoms with van der Waals surface area (Å²) in [5, 5.41) is 8.72. The molecule has 1 N–H and O–H groups in total. The van der Waals surface area contributed by atoms with Crippen molar-refractivity contribution in [3.8, 4) is 5.75 Å². The predicted octanol–water partition coefficient (Wildman–Crippen LogP) is 1.39. The molecule has 0 unspecified atom stereocenters. The molecule has 0 saturated carbocycles. The summed E-state index contributed by atoms with van der Waals surface area (Å²) < 4.78 is 5.30. The van der Waals surface area contributed by atoms with Crippen LogP contribution in [0.15, 0.2) is 18.2 Å². The highest BCUT2D eigenvalue weighted by atomic mass is 16.5. The van der Waals surface area contributed by atoms with Gasteiger partial charge in [0.1, 0.15) is 5.75 Å². The maximum Gasteiger partial charge on any atom is 0.224 e. The summed E-state index contributed by atoms with van der Waals surface area (Å²) in [7, 11) is 3.40. The minimum absolute atomic E-state index is 0.0379. The zero-order valence-corrected chi connectivity index (χ0v) is 11.3. The van der Waals surface area contributed by atoms with Gasteiger partial charge < -0.3 is 14.7 Å². The number of likely N-dealkylation sites (N-methyl/N-ethyl adjacent to an activating group) is 1. The van der Waals surface area contributed by atoms with Gasteiger partial charge in [-0.1, -0.05) is 17.7 Å². The van der Waals surface area contributed by atoms with Crippen molar-refractivity contribution in [2.24, 2.45) is 0 Å². The molecule has 0 aliphatic rings. The van der Waals surface area contributed by atoms with Crippen LogP contribution in [0.3, 0.4) is 0 Å². The number of amides is 1. The van der Waals surface area contributed by atoms with Gasteiger partial charge in [-0.15, -0.1) is 0 Å². The zero-order chi connectivity index (χ0) is 13.5. The highest BCUT2D eigenvalue weighted by molar-refractivity contribution is 5.75. The molecule has 100 valence electrons. The summed E-state index contributed by atoms with van der Waals surface area (Å²) >= 11 is 0. The lowest BCUT2D eigenvalue weighted by Gasteiger charge is -2.17. The van der Waals surface area contributed by atoms with E-state index < -0.39 is 0 Å². The lowest BCUT2D eigenvalue weighted by atomic mass is 10.1. The van der Waals surface area contributed by atoms with Crippen molar-refractivity contribution in [2.75, 3.05) is 27.3 Å². The van der Waals surface area contributed by atoms with E-state index in [1.807, 2.05) is 19.1 Å². The monoisotopic (exact) mass is 251 g/mol. The minimum Gasteiger partial charge on any atom is -0.496 e. The summed E-state index contributed by atoms with van der Waals surface area (Å²) in [6, 6.07) is 6.02. The molecule has 1 amide bonds. The lowest BCUT2D eigenvalue weighted by molar-refractivity contribution is -0.130. The Morgan fingerprint density at radius 2 is 2.17 bits per heavy atom. The topological polar surface area (TPSA) is 49.8 Å². The number of nitrogens with zero attached hydrogens (tertiary/aromatic N) is 1. The minimum atomic E-state index is -0.100. The molecule has 0 aromatic heterocycles. The standard InChI is InChI=1S/C14H21NO3/c1-11-4-5-13(18-3)12(10-11)6-8-15(2)14(17)7-9-16/h4-5,10,16H,6-9H2,1-3H3. The molecule has 0 fully saturated rings. The van der Waals surface area contributed by atoms with Crippen LogP contribution in [0.1, 0.15) is 17.5 Å². The number of hydrogen-bond donors (Lipinski definition) is 1. The largest absolute Gasteiger partial charge is 0.496 e. The molecule has 4 nitrogen and oxygen atoms in total. The Hall–Kier alpha value is -1.55. The van der Waals surface area contributed by atoms with Gasteiger partial charge in [0.05, 0.1) is 13.7 Å². The molecule has 0 bridgehead atoms. The molecular weight excluding hydrogens is 230 g/mol. The van der Waals surface area contributed by atoms with E-state index in [4.69, 9.17) is 9.84 Å². The van der Waals surface area contributed by atoms with Crippen molar-refractivity contribution < 1.29 is 14.6 Å². The van der Waals surface area contributed by atoms with Crippen LogP contribution in [-0.2, 0) is 11.2 Å². The average molecular weight is 251 g/mol. The Morgan fingerprint density at radius 3 is 2.78 bits per heavy atom. The molecule has 0 heterocycles. The first kappa shape index (κ1) is 14.5. The Kier molecular flexibility index (Phi) is 5.65. The van der Waals surface area contributed by atoms with Crippen LogP contribution < -0.4 is 4.74 Å². The van der Waals surface area contributed by atoms with Crippen LogP contribution in [0.25, 0.3) is 0 Å². The Bertz CT molecular complexity index is 404. The fourth-order valence-corrected chi connectivity index (χ4v) is 1.80. The van der Waals surface area contributed by atoms with E-state index in [0.29, 0.717) is 6.54 Å². The van der Waals surface area contributed by atoms with Crippen LogP contribution in [0.4, 0.5) is 0 Å². The van der Waals surface area contributed by atoms with E-state index in [2.05, 4.69) is 6.07 Å². The normalized spacial score (nSPS) is 10.2. The Morgan fingerprint density at radius 1 is 1.44 bits per heavy atom. The fraction of sp³-hybridized carbons (Fsp3) is 0.500. The van der Waals surface area contributed by atoms with Gasteiger partial charge in [0.15, 0.2) is 0 Å². The van der Waals surface area contributed by atoms with Crippen molar-refractivity contribution in [3.63, 3.8) is 0 Å². The number of rotatable bonds is 6. The summed E-state index contributed by atoms with van der Waals surface area (Å²) in [6.45, 7) is 2.55. The number of ether oxygens (including phenoxy) is 1. The maximum atomic E-state index is 11.5. The molecule has 1 aromatic rings. The highest BCUT2D eigenvalue weighted by Crippen LogP contribution is 2.20. The van der Waals surface area contributed by atoms with Crippen LogP contribution in [0.5, 0.6) is 5.75 Å². The smallest absolute Gasteiger partial charge is 0.224 e. The molecule has 1 aromatic carbocycles. The summed E-state index contributed by atoms with van der Waals surface area (Å²) in [6.07, 6.45) is 0.931. The molecule has 0 spiro atoms. The van der Waals surface area contributed by atoms with Crippen molar-refractivity contribution in [3.05, 3.63) is 29.3 Å². The molecule has 4 heteroatoms. The maximum absolute atomic E-state index is 11.5. The number of aryl methyl sites for hydroxylation is 1. The third-order valence-corrected chi connectivity index (χ3v) is 2.90. The molecule has 1 rings (SSSR count). The van der Waals surface area contributed by atoms with Gasteiger partial charge in [-0.25, -0.2) is 0 Å². The first-order valence-electron chi connectivity index (χ1n) is 6.06. The van der Waals surface area contributed by atoms with E-state index in [9.17, 15) is 4.79 Å². The van der Waals surface area contributed by atoms with Gasteiger partial charge in [-0.3, -0.25) is 4.79 Å². The fourth-order valence-electron chi connectivity index (χ4n) is 1.80. The average Bonchev–Trinajstić information content (AvgIpc) is 2.36. The lowest BCUT2D eigenvalue weighted by Crippen LogP contribution is -2.29. The number of benzene rings is 1. The predicted molar refractivity (Wildman–Crippen MR) is 70.8 cm³/mol. The molecule has 0 aliphatic carbocycles. The molecule has 18 heavy (non-hydrogen) atoms. The number of aliphatic hydroxyl groups excluding tert-OH is 1. The third-order valence-electron chi connectivity index (χ3n) is 2.90. The van der Waals surface area contributed by atoms with Crippen LogP contribution in [0.2, 0.25) is 0 Å². The van der Waals surface area contributed by atoms with Gasteiger partial charge in [0, 0.05) is 20.0 Å². The molecule has 0 saturated heterocycles. The van der Waals surface area contributed by atoms with Crippen molar-refractivity contribution >= 4 is 5.91 Å². The molecule has 0 radical (unpaired) electrons. The number of aliphatic hydroxyl groups is 1. The summed E-state index contributed by atoms with van der Waals surface area (Å²) in [5.41, 5.74) is 2.27. The van der Waals surface area contributed by atoms with Crippen LogP contribution in [0, 0.1) is 6.92 Å². The van der Waals surface area contributed by atoms with Crippen LogP contribution >= 0.6 is 0 Å². The van der Waals surface area contributed by atoms with E-state index in [1.165, 1.54) is 5.56 Å². The van der Waals surface area contributed by atoms with Gasteiger partial charge in [-0.2, -0.15) is 0 Å². The first-order valence-corrected chi connectivity index (χ1v) is 6.06. The third kappa shape index (κ3) is 4.04. The van der Waals surface area contributed by atoms with Crippen molar-refractivity contribution in [1.82, 2.24) is 4.90 Å². The first-order chi connectivity index (χ1) is 8.58. The summed E-state index contributed by atoms with van der Waals surface area (Å²) in [4.78, 5) is 13.2. The van der Waals surface area contributed by atoms with Crippen molar-refractivity contribution in [2.45, 2.75) is 19.8 Å². The SMILES string of the molecule is COc1ccc(C)cc1CCN(C)C(=O)CCO. The summed E-state index contributed by atoms with van der Waals surface area (Å²) in [5.74, 6) is 0.813. The van der Waals surface area contributed by atoms with E-state index in [1.54, 1.807) is 19.1 Å². The second-order valence-electron chi connectivity index (χ2n) is 4.35. The van der Waals surface area contributed by atoms with Gasteiger partial charge in [-0.05, 0) is 25.0 Å². The van der Waals surface area contributed by atoms with Gasteiger partial charge in [0.2, 0.25) is 5.91 Å². The number of carbonyl (C=O) groups excluding carboxylic acids is 1. The quantitative estimate of drug-likeness (QED) is 0.831. The number of hydrogen-bond acceptors (Lipinski definition) is 3. The van der Waals surface area contributed by atoms with E-state index in [0.717, 1.165) is 17.7 Å². The second-order valence-corrected chi connectivity index (χ2v) is 4.35. The van der Waals surface area contributed by atoms with Crippen molar-refractivity contribution in [1.29, 1.82) is 0 Å². The number of methoxy groups -OCH3 is 1. The second kappa shape index (κ2) is 7.01. The number of carbonyl (C=O) groups is 1. The van der Waals surface area contributed by atoms with Crippen LogP contribution in [-0.4, -0.2) is 43.2 Å². The van der Waals surface area contributed by atoms with Gasteiger partial charge in [0.25, 0.3) is 0 Å². The van der Waals surface area contributed by atoms with Gasteiger partial charge >= 0.3 is 0 Å². The van der Waals surface area contributed by atoms with E-state index in [-0.39, 0.29) is 18.9 Å². The Labute approximate surface area is 108 Å². The molecular formula is C14H21NO3. The Balaban J connectivity index is 2.62. The zero-order valence-electron chi connectivity index (χ0n) is 11.3.